The largest absolute Gasteiger partial charge is 0.494 e. The predicted octanol–water partition coefficient (Wildman–Crippen LogP) is 2.52. The molecule has 0 saturated carbocycles. The monoisotopic (exact) mass is 275 g/mol. The molecule has 0 aliphatic heterocycles. The molecule has 18 heavy (non-hydrogen) atoms. The number of methoxy groups -OCH3 is 2. The van der Waals surface area contributed by atoms with Crippen LogP contribution in [0.25, 0.3) is 0 Å². The van der Waals surface area contributed by atoms with E-state index < -0.39 is 0 Å². The lowest BCUT2D eigenvalue weighted by Crippen LogP contribution is -2.28. The molecule has 0 aliphatic rings. The third kappa shape index (κ3) is 4.44. The van der Waals surface area contributed by atoms with Gasteiger partial charge in [-0.2, -0.15) is 0 Å². The molecule has 1 aromatic carbocycles. The number of halogens is 2. The van der Waals surface area contributed by atoms with Gasteiger partial charge < -0.3 is 14.4 Å². The molecule has 0 heterocycles. The van der Waals surface area contributed by atoms with Gasteiger partial charge in [0.15, 0.2) is 11.6 Å². The van der Waals surface area contributed by atoms with E-state index in [4.69, 9.17) is 21.1 Å². The Morgan fingerprint density at radius 2 is 2.11 bits per heavy atom. The molecule has 1 atom stereocenters. The second-order valence-electron chi connectivity index (χ2n) is 4.18. The average molecular weight is 276 g/mol. The van der Waals surface area contributed by atoms with Gasteiger partial charge in [0.1, 0.15) is 0 Å². The van der Waals surface area contributed by atoms with Gasteiger partial charge in [-0.3, -0.25) is 0 Å². The van der Waals surface area contributed by atoms with Crippen LogP contribution in [0.15, 0.2) is 18.2 Å². The van der Waals surface area contributed by atoms with Crippen molar-refractivity contribution in [3.05, 3.63) is 29.6 Å². The second-order valence-corrected chi connectivity index (χ2v) is 4.80. The normalized spacial score (nSPS) is 12.8. The molecule has 1 rings (SSSR count). The van der Waals surface area contributed by atoms with Gasteiger partial charge in [-0.05, 0) is 13.1 Å². The third-order valence-corrected chi connectivity index (χ3v) is 2.82. The van der Waals surface area contributed by atoms with Crippen LogP contribution in [0.4, 0.5) is 4.39 Å². The number of ether oxygens (including phenoxy) is 2. The predicted molar refractivity (Wildman–Crippen MR) is 70.8 cm³/mol. The molecule has 0 radical (unpaired) electrons. The Bertz CT molecular complexity index is 376. The minimum absolute atomic E-state index is 0.103. The van der Waals surface area contributed by atoms with Gasteiger partial charge in [-0.15, -0.1) is 11.6 Å². The molecule has 0 aliphatic carbocycles. The fraction of sp³-hybridized carbons (Fsp3) is 0.538. The second kappa shape index (κ2) is 7.56. The molecule has 0 spiro atoms. The van der Waals surface area contributed by atoms with Crippen LogP contribution in [0.5, 0.6) is 5.75 Å². The number of hydrogen-bond donors (Lipinski definition) is 0. The van der Waals surface area contributed by atoms with Gasteiger partial charge in [0.05, 0.1) is 19.1 Å². The molecular formula is C13H19ClFNO2. The van der Waals surface area contributed by atoms with E-state index in [0.717, 1.165) is 0 Å². The van der Waals surface area contributed by atoms with E-state index in [0.29, 0.717) is 25.3 Å². The summed E-state index contributed by atoms with van der Waals surface area (Å²) >= 11 is 6.06. The van der Waals surface area contributed by atoms with Crippen molar-refractivity contribution < 1.29 is 13.9 Å². The first-order valence-corrected chi connectivity index (χ1v) is 6.15. The molecule has 0 aromatic heterocycles. The van der Waals surface area contributed by atoms with Crippen LogP contribution in [0.3, 0.4) is 0 Å². The first-order chi connectivity index (χ1) is 8.58. The lowest BCUT2D eigenvalue weighted by Gasteiger charge is -2.20. The standard InChI is InChI=1S/C13H19ClFNO2/c1-16(8-11(14)9-17-2)7-10-5-4-6-12(18-3)13(10)15/h4-6,11H,7-9H2,1-3H3. The molecule has 0 amide bonds. The minimum Gasteiger partial charge on any atom is -0.494 e. The Morgan fingerprint density at radius 3 is 2.72 bits per heavy atom. The summed E-state index contributed by atoms with van der Waals surface area (Å²) in [6.45, 7) is 1.59. The van der Waals surface area contributed by atoms with Crippen molar-refractivity contribution in [3.63, 3.8) is 0 Å². The van der Waals surface area contributed by atoms with Gasteiger partial charge in [0.2, 0.25) is 0 Å². The fourth-order valence-electron chi connectivity index (χ4n) is 1.76. The lowest BCUT2D eigenvalue weighted by molar-refractivity contribution is 0.181. The van der Waals surface area contributed by atoms with E-state index in [1.165, 1.54) is 7.11 Å². The Hall–Kier alpha value is -0.840. The quantitative estimate of drug-likeness (QED) is 0.714. The van der Waals surface area contributed by atoms with Gasteiger partial charge in [0, 0.05) is 25.8 Å². The molecule has 5 heteroatoms. The van der Waals surface area contributed by atoms with Crippen LogP contribution < -0.4 is 4.74 Å². The van der Waals surface area contributed by atoms with Crippen molar-refractivity contribution >= 4 is 11.6 Å². The zero-order chi connectivity index (χ0) is 13.5. The Morgan fingerprint density at radius 1 is 1.39 bits per heavy atom. The number of benzene rings is 1. The third-order valence-electron chi connectivity index (χ3n) is 2.56. The number of rotatable bonds is 7. The summed E-state index contributed by atoms with van der Waals surface area (Å²) in [6.07, 6.45) is 0. The van der Waals surface area contributed by atoms with Crippen molar-refractivity contribution in [3.8, 4) is 5.75 Å². The van der Waals surface area contributed by atoms with E-state index in [2.05, 4.69) is 0 Å². The Balaban J connectivity index is 2.61. The highest BCUT2D eigenvalue weighted by molar-refractivity contribution is 6.20. The number of hydrogen-bond acceptors (Lipinski definition) is 3. The topological polar surface area (TPSA) is 21.7 Å². The van der Waals surface area contributed by atoms with Crippen LogP contribution >= 0.6 is 11.6 Å². The van der Waals surface area contributed by atoms with Crippen molar-refractivity contribution in [2.24, 2.45) is 0 Å². The first-order valence-electron chi connectivity index (χ1n) is 5.71. The maximum atomic E-state index is 13.9. The Labute approximate surface area is 112 Å². The highest BCUT2D eigenvalue weighted by atomic mass is 35.5. The van der Waals surface area contributed by atoms with Crippen LogP contribution in [-0.2, 0) is 11.3 Å². The summed E-state index contributed by atoms with van der Waals surface area (Å²) in [6, 6.07) is 5.13. The van der Waals surface area contributed by atoms with Gasteiger partial charge >= 0.3 is 0 Å². The van der Waals surface area contributed by atoms with E-state index in [9.17, 15) is 4.39 Å². The molecule has 1 unspecified atom stereocenters. The van der Waals surface area contributed by atoms with E-state index >= 15 is 0 Å². The molecule has 1 aromatic rings. The zero-order valence-corrected chi connectivity index (χ0v) is 11.7. The maximum Gasteiger partial charge on any atom is 0.169 e. The first kappa shape index (κ1) is 15.2. The van der Waals surface area contributed by atoms with Crippen LogP contribution in [0, 0.1) is 5.82 Å². The van der Waals surface area contributed by atoms with Crippen molar-refractivity contribution in [2.75, 3.05) is 34.4 Å². The summed E-state index contributed by atoms with van der Waals surface area (Å²) in [7, 11) is 4.96. The van der Waals surface area contributed by atoms with Gasteiger partial charge in [-0.1, -0.05) is 12.1 Å². The smallest absolute Gasteiger partial charge is 0.169 e. The van der Waals surface area contributed by atoms with Crippen LogP contribution in [-0.4, -0.2) is 44.7 Å². The molecule has 0 N–H and O–H groups in total. The highest BCUT2D eigenvalue weighted by Gasteiger charge is 2.13. The number of nitrogens with zero attached hydrogens (tertiary/aromatic N) is 1. The molecule has 102 valence electrons. The van der Waals surface area contributed by atoms with E-state index in [1.54, 1.807) is 25.3 Å². The van der Waals surface area contributed by atoms with E-state index in [-0.39, 0.29) is 16.9 Å². The summed E-state index contributed by atoms with van der Waals surface area (Å²) in [4.78, 5) is 1.95. The SMILES string of the molecule is COCC(Cl)CN(C)Cc1cccc(OC)c1F. The van der Waals surface area contributed by atoms with Crippen LogP contribution in [0.1, 0.15) is 5.56 Å². The fourth-order valence-corrected chi connectivity index (χ4v) is 2.12. The molecule has 0 saturated heterocycles. The van der Waals surface area contributed by atoms with Crippen molar-refractivity contribution in [1.29, 1.82) is 0 Å². The molecule has 3 nitrogen and oxygen atoms in total. The van der Waals surface area contributed by atoms with Crippen molar-refractivity contribution in [2.45, 2.75) is 11.9 Å². The van der Waals surface area contributed by atoms with Crippen molar-refractivity contribution in [1.82, 2.24) is 4.90 Å². The van der Waals surface area contributed by atoms with Crippen LogP contribution in [0.2, 0.25) is 0 Å². The average Bonchev–Trinajstić information content (AvgIpc) is 2.32. The summed E-state index contributed by atoms with van der Waals surface area (Å²) < 4.78 is 23.8. The highest BCUT2D eigenvalue weighted by Crippen LogP contribution is 2.21. The zero-order valence-electron chi connectivity index (χ0n) is 11.0. The van der Waals surface area contributed by atoms with E-state index in [1.807, 2.05) is 11.9 Å². The van der Waals surface area contributed by atoms with Gasteiger partial charge in [-0.25, -0.2) is 4.39 Å². The molecule has 0 fully saturated rings. The lowest BCUT2D eigenvalue weighted by atomic mass is 10.2. The summed E-state index contributed by atoms with van der Waals surface area (Å²) in [5.41, 5.74) is 0.595. The summed E-state index contributed by atoms with van der Waals surface area (Å²) in [5, 5.41) is -0.103. The minimum atomic E-state index is -0.315. The summed E-state index contributed by atoms with van der Waals surface area (Å²) in [5.74, 6) is -0.0510. The Kier molecular flexibility index (Phi) is 6.39. The molecular weight excluding hydrogens is 257 g/mol. The molecule has 0 bridgehead atoms. The number of alkyl halides is 1. The maximum absolute atomic E-state index is 13.9. The van der Waals surface area contributed by atoms with Gasteiger partial charge in [0.25, 0.3) is 0 Å².